The van der Waals surface area contributed by atoms with E-state index in [1.54, 1.807) is 26.4 Å². The van der Waals surface area contributed by atoms with E-state index in [4.69, 9.17) is 9.47 Å². The Bertz CT molecular complexity index is 948. The topological polar surface area (TPSA) is 67.9 Å². The number of carbonyl (C=O) groups excluding carboxylic acids is 2. The molecule has 0 radical (unpaired) electrons. The van der Waals surface area contributed by atoms with Crippen molar-refractivity contribution in [1.29, 1.82) is 0 Å². The van der Waals surface area contributed by atoms with Gasteiger partial charge in [0.1, 0.15) is 11.4 Å². The molecule has 1 heterocycles. The molecule has 0 spiro atoms. The van der Waals surface area contributed by atoms with E-state index in [2.05, 4.69) is 5.32 Å². The van der Waals surface area contributed by atoms with Gasteiger partial charge in [0.25, 0.3) is 11.8 Å². The summed E-state index contributed by atoms with van der Waals surface area (Å²) in [6.07, 6.45) is 0.587. The predicted molar refractivity (Wildman–Crippen MR) is 113 cm³/mol. The molecule has 2 amide bonds. The van der Waals surface area contributed by atoms with Crippen LogP contribution >= 0.6 is 0 Å². The molecule has 0 fully saturated rings. The van der Waals surface area contributed by atoms with Crippen LogP contribution in [0.4, 0.5) is 5.69 Å². The molecule has 29 heavy (non-hydrogen) atoms. The minimum Gasteiger partial charge on any atom is -0.497 e. The quantitative estimate of drug-likeness (QED) is 0.548. The fourth-order valence-electron chi connectivity index (χ4n) is 3.42. The van der Waals surface area contributed by atoms with Gasteiger partial charge in [-0.3, -0.25) is 14.5 Å². The van der Waals surface area contributed by atoms with Crippen LogP contribution in [0.1, 0.15) is 23.1 Å². The molecule has 0 atom stereocenters. The normalized spacial score (nSPS) is 14.0. The summed E-state index contributed by atoms with van der Waals surface area (Å²) in [5.74, 6) is 0.111. The molecule has 0 saturated carbocycles. The number of benzene rings is 2. The molecule has 0 unspecified atom stereocenters. The van der Waals surface area contributed by atoms with Gasteiger partial charge in [-0.25, -0.2) is 0 Å². The van der Waals surface area contributed by atoms with Crippen molar-refractivity contribution in [2.24, 2.45) is 0 Å². The number of anilines is 1. The molecule has 0 saturated heterocycles. The van der Waals surface area contributed by atoms with Gasteiger partial charge in [0.15, 0.2) is 0 Å². The number of imide groups is 1. The van der Waals surface area contributed by atoms with Gasteiger partial charge in [0.05, 0.1) is 12.7 Å². The highest BCUT2D eigenvalue weighted by atomic mass is 16.5. The predicted octanol–water partition coefficient (Wildman–Crippen LogP) is 3.54. The molecular formula is C23H26N2O4. The SMILES string of the molecule is COCCCN1C(=O)C(Nc2ccc(OC)cc2)=C(c2ccc(C)cc2C)C1=O. The maximum absolute atomic E-state index is 13.2. The smallest absolute Gasteiger partial charge is 0.278 e. The maximum Gasteiger partial charge on any atom is 0.278 e. The Morgan fingerprint density at radius 2 is 1.69 bits per heavy atom. The highest BCUT2D eigenvalue weighted by Gasteiger charge is 2.39. The van der Waals surface area contributed by atoms with Crippen molar-refractivity contribution in [3.05, 3.63) is 64.9 Å². The second-order valence-corrected chi connectivity index (χ2v) is 7.03. The lowest BCUT2D eigenvalue weighted by Gasteiger charge is -2.15. The summed E-state index contributed by atoms with van der Waals surface area (Å²) in [6.45, 7) is 4.75. The number of rotatable bonds is 8. The fourth-order valence-corrected chi connectivity index (χ4v) is 3.42. The largest absolute Gasteiger partial charge is 0.497 e. The zero-order valence-electron chi connectivity index (χ0n) is 17.2. The first-order valence-electron chi connectivity index (χ1n) is 9.54. The van der Waals surface area contributed by atoms with Gasteiger partial charge >= 0.3 is 0 Å². The molecule has 0 aromatic heterocycles. The number of nitrogens with one attached hydrogen (secondary N) is 1. The zero-order valence-corrected chi connectivity index (χ0v) is 17.2. The van der Waals surface area contributed by atoms with E-state index in [1.165, 1.54) is 4.90 Å². The first-order valence-corrected chi connectivity index (χ1v) is 9.54. The standard InChI is InChI=1S/C23H26N2O4/c1-15-6-11-19(16(2)14-15)20-21(24-17-7-9-18(29-4)10-8-17)23(27)25(22(20)26)12-5-13-28-3/h6-11,14,24H,5,12-13H2,1-4H3. The molecular weight excluding hydrogens is 368 g/mol. The molecule has 2 aromatic carbocycles. The van der Waals surface area contributed by atoms with Gasteiger partial charge in [0, 0.05) is 25.9 Å². The van der Waals surface area contributed by atoms with E-state index in [1.807, 2.05) is 44.2 Å². The van der Waals surface area contributed by atoms with Crippen LogP contribution in [-0.2, 0) is 14.3 Å². The van der Waals surface area contributed by atoms with Crippen LogP contribution in [0.25, 0.3) is 5.57 Å². The van der Waals surface area contributed by atoms with Crippen molar-refractivity contribution in [2.45, 2.75) is 20.3 Å². The Hall–Kier alpha value is -3.12. The minimum absolute atomic E-state index is 0.283. The van der Waals surface area contributed by atoms with Crippen LogP contribution in [0, 0.1) is 13.8 Å². The number of hydrogen-bond donors (Lipinski definition) is 1. The maximum atomic E-state index is 13.2. The van der Waals surface area contributed by atoms with Crippen LogP contribution in [0.2, 0.25) is 0 Å². The summed E-state index contributed by atoms with van der Waals surface area (Å²) in [5, 5.41) is 3.16. The summed E-state index contributed by atoms with van der Waals surface area (Å²) >= 11 is 0. The van der Waals surface area contributed by atoms with E-state index in [0.717, 1.165) is 16.7 Å². The second kappa shape index (κ2) is 8.92. The molecule has 2 aromatic rings. The van der Waals surface area contributed by atoms with Crippen molar-refractivity contribution in [1.82, 2.24) is 4.90 Å². The van der Waals surface area contributed by atoms with Gasteiger partial charge in [-0.2, -0.15) is 0 Å². The third-order valence-corrected chi connectivity index (χ3v) is 4.91. The van der Waals surface area contributed by atoms with Crippen LogP contribution in [-0.4, -0.2) is 44.1 Å². The number of hydrogen-bond acceptors (Lipinski definition) is 5. The summed E-state index contributed by atoms with van der Waals surface area (Å²) in [5.41, 5.74) is 4.23. The lowest BCUT2D eigenvalue weighted by Crippen LogP contribution is -2.34. The summed E-state index contributed by atoms with van der Waals surface area (Å²) in [4.78, 5) is 27.6. The van der Waals surface area contributed by atoms with Crippen LogP contribution in [0.15, 0.2) is 48.2 Å². The first-order chi connectivity index (χ1) is 14.0. The third kappa shape index (κ3) is 4.32. The lowest BCUT2D eigenvalue weighted by molar-refractivity contribution is -0.137. The molecule has 0 bridgehead atoms. The number of amides is 2. The molecule has 3 rings (SSSR count). The van der Waals surface area contributed by atoms with Crippen molar-refractivity contribution in [3.8, 4) is 5.75 Å². The Morgan fingerprint density at radius 1 is 0.966 bits per heavy atom. The second-order valence-electron chi connectivity index (χ2n) is 7.03. The Labute approximate surface area is 171 Å². The number of nitrogens with zero attached hydrogens (tertiary/aromatic N) is 1. The highest BCUT2D eigenvalue weighted by Crippen LogP contribution is 2.33. The molecule has 0 aliphatic carbocycles. The summed E-state index contributed by atoms with van der Waals surface area (Å²) in [7, 11) is 3.20. The zero-order chi connectivity index (χ0) is 21.0. The molecule has 1 aliphatic rings. The summed E-state index contributed by atoms with van der Waals surface area (Å²) < 4.78 is 10.3. The van der Waals surface area contributed by atoms with Gasteiger partial charge in [-0.05, 0) is 55.7 Å². The van der Waals surface area contributed by atoms with E-state index in [9.17, 15) is 9.59 Å². The monoisotopic (exact) mass is 394 g/mol. The number of methoxy groups -OCH3 is 2. The van der Waals surface area contributed by atoms with Crippen LogP contribution in [0.3, 0.4) is 0 Å². The van der Waals surface area contributed by atoms with E-state index >= 15 is 0 Å². The van der Waals surface area contributed by atoms with E-state index in [-0.39, 0.29) is 11.8 Å². The highest BCUT2D eigenvalue weighted by molar-refractivity contribution is 6.36. The van der Waals surface area contributed by atoms with Crippen molar-refractivity contribution >= 4 is 23.1 Å². The van der Waals surface area contributed by atoms with Crippen molar-refractivity contribution < 1.29 is 19.1 Å². The van der Waals surface area contributed by atoms with Crippen molar-refractivity contribution in [2.75, 3.05) is 32.7 Å². The lowest BCUT2D eigenvalue weighted by atomic mass is 9.97. The molecule has 1 aliphatic heterocycles. The number of ether oxygens (including phenoxy) is 2. The summed E-state index contributed by atoms with van der Waals surface area (Å²) in [6, 6.07) is 13.1. The average molecular weight is 394 g/mol. The van der Waals surface area contributed by atoms with Crippen LogP contribution < -0.4 is 10.1 Å². The Morgan fingerprint density at radius 3 is 2.31 bits per heavy atom. The van der Waals surface area contributed by atoms with Crippen molar-refractivity contribution in [3.63, 3.8) is 0 Å². The average Bonchev–Trinajstić information content (AvgIpc) is 2.93. The molecule has 152 valence electrons. The first kappa shape index (κ1) is 20.6. The fraction of sp³-hybridized carbons (Fsp3) is 0.304. The van der Waals surface area contributed by atoms with Gasteiger partial charge in [-0.15, -0.1) is 0 Å². The number of aryl methyl sites for hydroxylation is 2. The van der Waals surface area contributed by atoms with Gasteiger partial charge in [-0.1, -0.05) is 23.8 Å². The Kier molecular flexibility index (Phi) is 6.34. The Balaban J connectivity index is 2.01. The minimum atomic E-state index is -0.322. The number of carbonyl (C=O) groups is 2. The van der Waals surface area contributed by atoms with Gasteiger partial charge < -0.3 is 14.8 Å². The molecule has 1 N–H and O–H groups in total. The van der Waals surface area contributed by atoms with Gasteiger partial charge in [0.2, 0.25) is 0 Å². The molecule has 6 heteroatoms. The van der Waals surface area contributed by atoms with E-state index < -0.39 is 0 Å². The molecule has 6 nitrogen and oxygen atoms in total. The third-order valence-electron chi connectivity index (χ3n) is 4.91. The van der Waals surface area contributed by atoms with Crippen LogP contribution in [0.5, 0.6) is 5.75 Å². The van der Waals surface area contributed by atoms with E-state index in [0.29, 0.717) is 42.3 Å².